The van der Waals surface area contributed by atoms with E-state index in [1.54, 1.807) is 26.0 Å². The number of benzene rings is 1. The fraction of sp³-hybridized carbons (Fsp3) is 0.500. The molecule has 25 heavy (non-hydrogen) atoms. The monoisotopic (exact) mass is 350 g/mol. The van der Waals surface area contributed by atoms with Crippen LogP contribution in [0.3, 0.4) is 0 Å². The summed E-state index contributed by atoms with van der Waals surface area (Å²) in [4.78, 5) is 34.5. The highest BCUT2D eigenvalue weighted by Gasteiger charge is 2.24. The first-order valence-corrected chi connectivity index (χ1v) is 7.98. The maximum Gasteiger partial charge on any atom is 0.407 e. The van der Waals surface area contributed by atoms with Crippen molar-refractivity contribution in [2.75, 3.05) is 7.05 Å². The van der Waals surface area contributed by atoms with Gasteiger partial charge in [0.15, 0.2) is 0 Å². The number of alkyl carbamates (subject to hydrolysis) is 1. The molecule has 0 unspecified atom stereocenters. The van der Waals surface area contributed by atoms with Crippen LogP contribution in [0.1, 0.15) is 43.9 Å². The molecule has 7 nitrogen and oxygen atoms in total. The van der Waals surface area contributed by atoms with Gasteiger partial charge >= 0.3 is 12.1 Å². The predicted molar refractivity (Wildman–Crippen MR) is 93.3 cm³/mol. The molecule has 1 aromatic carbocycles. The van der Waals surface area contributed by atoms with Gasteiger partial charge in [-0.2, -0.15) is 0 Å². The van der Waals surface area contributed by atoms with Crippen LogP contribution in [0.5, 0.6) is 5.75 Å². The Morgan fingerprint density at radius 2 is 1.68 bits per heavy atom. The number of hydrogen-bond acceptors (Lipinski definition) is 5. The zero-order valence-corrected chi connectivity index (χ0v) is 15.6. The average molecular weight is 350 g/mol. The van der Waals surface area contributed by atoms with E-state index in [4.69, 9.17) is 9.47 Å². The van der Waals surface area contributed by atoms with Crippen LogP contribution >= 0.6 is 0 Å². The molecule has 0 saturated carbocycles. The number of rotatable bonds is 6. The van der Waals surface area contributed by atoms with E-state index >= 15 is 0 Å². The lowest BCUT2D eigenvalue weighted by Gasteiger charge is -2.24. The number of carbonyl (C=O) groups excluding carboxylic acids is 3. The molecule has 0 aliphatic rings. The third-order valence-corrected chi connectivity index (χ3v) is 3.41. The van der Waals surface area contributed by atoms with Crippen molar-refractivity contribution in [1.82, 2.24) is 10.6 Å². The summed E-state index contributed by atoms with van der Waals surface area (Å²) in [6, 6.07) is 3.61. The van der Waals surface area contributed by atoms with E-state index in [2.05, 4.69) is 10.6 Å². The number of nitrogens with one attached hydrogen (secondary N) is 2. The predicted octanol–water partition coefficient (Wildman–Crippen LogP) is 2.37. The normalized spacial score (nSPS) is 10.8. The zero-order valence-electron chi connectivity index (χ0n) is 15.6. The highest BCUT2D eigenvalue weighted by atomic mass is 16.5. The van der Waals surface area contributed by atoms with Gasteiger partial charge in [-0.15, -0.1) is 0 Å². The lowest BCUT2D eigenvalue weighted by Crippen LogP contribution is -2.44. The highest BCUT2D eigenvalue weighted by Crippen LogP contribution is 2.26. The molecule has 0 saturated heterocycles. The van der Waals surface area contributed by atoms with Gasteiger partial charge in [0.2, 0.25) is 5.91 Å². The van der Waals surface area contributed by atoms with Crippen LogP contribution in [0.2, 0.25) is 0 Å². The molecule has 0 bridgehead atoms. The van der Waals surface area contributed by atoms with E-state index in [9.17, 15) is 14.4 Å². The number of carbonyl (C=O) groups is 3. The molecule has 0 aliphatic heterocycles. The van der Waals surface area contributed by atoms with Crippen LogP contribution in [0, 0.1) is 13.8 Å². The van der Waals surface area contributed by atoms with Crippen LogP contribution in [0.15, 0.2) is 12.1 Å². The first kappa shape index (κ1) is 20.5. The Morgan fingerprint density at radius 1 is 1.12 bits per heavy atom. The quantitative estimate of drug-likeness (QED) is 0.607. The molecule has 0 fully saturated rings. The van der Waals surface area contributed by atoms with Gasteiger partial charge in [0, 0.05) is 19.5 Å². The van der Waals surface area contributed by atoms with Crippen molar-refractivity contribution < 1.29 is 23.9 Å². The Bertz CT molecular complexity index is 644. The lowest BCUT2D eigenvalue weighted by atomic mass is 10.0. The standard InChI is InChI=1S/C18H26N2O5/c1-11-7-14(10-24-17(23)19-6)8-12(2)16(11)25-15(22)9-18(4,5)20-13(3)21/h7-8H,9-10H2,1-6H3,(H,19,23)(H,20,21). The van der Waals surface area contributed by atoms with Crippen molar-refractivity contribution in [1.29, 1.82) is 0 Å². The van der Waals surface area contributed by atoms with Crippen LogP contribution in [0.4, 0.5) is 4.79 Å². The van der Waals surface area contributed by atoms with Gasteiger partial charge < -0.3 is 20.1 Å². The minimum Gasteiger partial charge on any atom is -0.445 e. The van der Waals surface area contributed by atoms with Crippen LogP contribution in [-0.4, -0.2) is 30.6 Å². The molecule has 2 amide bonds. The van der Waals surface area contributed by atoms with Crippen molar-refractivity contribution in [2.45, 2.75) is 53.2 Å². The fourth-order valence-corrected chi connectivity index (χ4v) is 2.54. The molecule has 1 aromatic rings. The molecule has 2 N–H and O–H groups in total. The number of aryl methyl sites for hydroxylation is 2. The summed E-state index contributed by atoms with van der Waals surface area (Å²) in [5.74, 6) is -0.155. The zero-order chi connectivity index (χ0) is 19.2. The molecule has 0 aromatic heterocycles. The van der Waals surface area contributed by atoms with E-state index in [0.717, 1.165) is 16.7 Å². The minimum absolute atomic E-state index is 0.0486. The summed E-state index contributed by atoms with van der Waals surface area (Å²) in [6.45, 7) is 8.69. The largest absolute Gasteiger partial charge is 0.445 e. The van der Waals surface area contributed by atoms with Gasteiger partial charge in [0.25, 0.3) is 0 Å². The van der Waals surface area contributed by atoms with Crippen molar-refractivity contribution >= 4 is 18.0 Å². The summed E-state index contributed by atoms with van der Waals surface area (Å²) in [5.41, 5.74) is 1.64. The van der Waals surface area contributed by atoms with E-state index in [-0.39, 0.29) is 18.9 Å². The summed E-state index contributed by atoms with van der Waals surface area (Å²) >= 11 is 0. The van der Waals surface area contributed by atoms with E-state index in [1.165, 1.54) is 14.0 Å². The van der Waals surface area contributed by atoms with Gasteiger partial charge in [-0.25, -0.2) is 4.79 Å². The maximum atomic E-state index is 12.2. The molecular formula is C18H26N2O5. The molecule has 0 atom stereocenters. The fourth-order valence-electron chi connectivity index (χ4n) is 2.54. The Hall–Kier alpha value is -2.57. The highest BCUT2D eigenvalue weighted by molar-refractivity contribution is 5.78. The van der Waals surface area contributed by atoms with E-state index < -0.39 is 17.6 Å². The summed E-state index contributed by atoms with van der Waals surface area (Å²) < 4.78 is 10.5. The molecule has 1 rings (SSSR count). The Morgan fingerprint density at radius 3 is 2.16 bits per heavy atom. The van der Waals surface area contributed by atoms with Crippen LogP contribution in [-0.2, 0) is 20.9 Å². The van der Waals surface area contributed by atoms with Gasteiger partial charge in [-0.05, 0) is 56.5 Å². The van der Waals surface area contributed by atoms with Crippen molar-refractivity contribution in [3.05, 3.63) is 28.8 Å². The van der Waals surface area contributed by atoms with E-state index in [0.29, 0.717) is 5.75 Å². The molecule has 138 valence electrons. The summed E-state index contributed by atoms with van der Waals surface area (Å²) in [5, 5.41) is 5.09. The SMILES string of the molecule is CNC(=O)OCc1cc(C)c(OC(=O)CC(C)(C)NC(C)=O)c(C)c1. The third kappa shape index (κ3) is 6.82. The summed E-state index contributed by atoms with van der Waals surface area (Å²) in [6.07, 6.45) is -0.460. The minimum atomic E-state index is -0.688. The topological polar surface area (TPSA) is 93.7 Å². The van der Waals surface area contributed by atoms with Crippen LogP contribution < -0.4 is 15.4 Å². The Labute approximate surface area is 148 Å². The van der Waals surface area contributed by atoms with Crippen LogP contribution in [0.25, 0.3) is 0 Å². The first-order valence-electron chi connectivity index (χ1n) is 7.98. The number of ether oxygens (including phenoxy) is 2. The molecule has 0 radical (unpaired) electrons. The second kappa shape index (κ2) is 8.50. The van der Waals surface area contributed by atoms with Crippen molar-refractivity contribution in [3.63, 3.8) is 0 Å². The lowest BCUT2D eigenvalue weighted by molar-refractivity contribution is -0.136. The molecule has 0 aliphatic carbocycles. The maximum absolute atomic E-state index is 12.2. The molecule has 0 heterocycles. The van der Waals surface area contributed by atoms with Gasteiger partial charge in [-0.1, -0.05) is 0 Å². The third-order valence-electron chi connectivity index (χ3n) is 3.41. The Kier molecular flexibility index (Phi) is 6.97. The number of amides is 2. The van der Waals surface area contributed by atoms with Gasteiger partial charge in [0.05, 0.1) is 6.42 Å². The Balaban J connectivity index is 2.80. The summed E-state index contributed by atoms with van der Waals surface area (Å²) in [7, 11) is 1.49. The van der Waals surface area contributed by atoms with Gasteiger partial charge in [-0.3, -0.25) is 9.59 Å². The number of hydrogen-bond donors (Lipinski definition) is 2. The molecular weight excluding hydrogens is 324 g/mol. The second-order valence-electron chi connectivity index (χ2n) is 6.60. The second-order valence-corrected chi connectivity index (χ2v) is 6.60. The van der Waals surface area contributed by atoms with E-state index in [1.807, 2.05) is 13.8 Å². The smallest absolute Gasteiger partial charge is 0.407 e. The average Bonchev–Trinajstić information content (AvgIpc) is 2.46. The number of esters is 1. The van der Waals surface area contributed by atoms with Crippen molar-refractivity contribution in [2.24, 2.45) is 0 Å². The molecule has 0 spiro atoms. The van der Waals surface area contributed by atoms with Gasteiger partial charge in [0.1, 0.15) is 12.4 Å². The first-order chi connectivity index (χ1) is 11.5. The van der Waals surface area contributed by atoms with Crippen molar-refractivity contribution in [3.8, 4) is 5.75 Å². The molecule has 7 heteroatoms.